The van der Waals surface area contributed by atoms with Crippen molar-refractivity contribution in [2.45, 2.75) is 0 Å². The summed E-state index contributed by atoms with van der Waals surface area (Å²) in [5.74, 6) is 0.557. The molecule has 0 unspecified atom stereocenters. The van der Waals surface area contributed by atoms with E-state index in [9.17, 15) is 0 Å². The zero-order valence-electron chi connectivity index (χ0n) is 7.72. The molecule has 0 saturated heterocycles. The number of rotatable bonds is 1. The maximum Gasteiger partial charge on any atom is 0.146 e. The number of benzene rings is 1. The predicted octanol–water partition coefficient (Wildman–Crippen LogP) is 4.20. The molecule has 2 aromatic rings. The van der Waals surface area contributed by atoms with Gasteiger partial charge in [0.15, 0.2) is 0 Å². The normalized spacial score (nSPS) is 10.7. The Morgan fingerprint density at radius 3 is 2.53 bits per heavy atom. The van der Waals surface area contributed by atoms with E-state index < -0.39 is 0 Å². The summed E-state index contributed by atoms with van der Waals surface area (Å²) in [6.45, 7) is 0. The van der Waals surface area contributed by atoms with Gasteiger partial charge in [-0.05, 0) is 12.1 Å². The van der Waals surface area contributed by atoms with Gasteiger partial charge in [0.05, 0.1) is 12.1 Å². The molecule has 0 atom stereocenters. The van der Waals surface area contributed by atoms with Crippen molar-refractivity contribution in [2.75, 3.05) is 7.11 Å². The standard InChI is InChI=1S/C10H6Cl3NO/c1-15-8-3-5(11)2-6-7(12)4-9(13)14-10(6)8/h2-4H,1H3. The molecule has 0 saturated carbocycles. The summed E-state index contributed by atoms with van der Waals surface area (Å²) in [7, 11) is 1.54. The second-order valence-electron chi connectivity index (χ2n) is 2.93. The maximum atomic E-state index is 6.02. The monoisotopic (exact) mass is 261 g/mol. The van der Waals surface area contributed by atoms with Crippen molar-refractivity contribution < 1.29 is 4.74 Å². The van der Waals surface area contributed by atoms with Crippen LogP contribution in [0, 0.1) is 0 Å². The first-order valence-electron chi connectivity index (χ1n) is 4.11. The molecule has 0 spiro atoms. The van der Waals surface area contributed by atoms with Gasteiger partial charge in [-0.3, -0.25) is 0 Å². The summed E-state index contributed by atoms with van der Waals surface area (Å²) in [4.78, 5) is 4.15. The quantitative estimate of drug-likeness (QED) is 0.719. The fourth-order valence-electron chi connectivity index (χ4n) is 1.35. The molecule has 0 bridgehead atoms. The van der Waals surface area contributed by atoms with Crippen LogP contribution >= 0.6 is 34.8 Å². The fraction of sp³-hybridized carbons (Fsp3) is 0.100. The Bertz CT molecular complexity index is 528. The van der Waals surface area contributed by atoms with Crippen molar-refractivity contribution in [3.05, 3.63) is 33.4 Å². The van der Waals surface area contributed by atoms with E-state index in [-0.39, 0.29) is 0 Å². The number of methoxy groups -OCH3 is 1. The van der Waals surface area contributed by atoms with E-state index in [1.54, 1.807) is 25.3 Å². The predicted molar refractivity (Wildman–Crippen MR) is 63.3 cm³/mol. The van der Waals surface area contributed by atoms with Crippen molar-refractivity contribution in [1.29, 1.82) is 0 Å². The molecule has 0 aliphatic carbocycles. The molecule has 0 aliphatic heterocycles. The molecule has 0 amide bonds. The van der Waals surface area contributed by atoms with Gasteiger partial charge in [0.1, 0.15) is 16.4 Å². The average molecular weight is 263 g/mol. The van der Waals surface area contributed by atoms with Gasteiger partial charge in [-0.15, -0.1) is 0 Å². The highest BCUT2D eigenvalue weighted by atomic mass is 35.5. The number of halogens is 3. The van der Waals surface area contributed by atoms with Gasteiger partial charge >= 0.3 is 0 Å². The summed E-state index contributed by atoms with van der Waals surface area (Å²) in [6, 6.07) is 4.97. The number of fused-ring (bicyclic) bond motifs is 1. The van der Waals surface area contributed by atoms with Crippen LogP contribution < -0.4 is 4.74 Å². The molecule has 2 nitrogen and oxygen atoms in total. The van der Waals surface area contributed by atoms with Crippen LogP contribution in [0.4, 0.5) is 0 Å². The largest absolute Gasteiger partial charge is 0.494 e. The topological polar surface area (TPSA) is 22.1 Å². The Morgan fingerprint density at radius 2 is 1.87 bits per heavy atom. The van der Waals surface area contributed by atoms with Crippen molar-refractivity contribution in [3.8, 4) is 5.75 Å². The number of hydrogen-bond acceptors (Lipinski definition) is 2. The average Bonchev–Trinajstić information content (AvgIpc) is 2.18. The number of nitrogens with zero attached hydrogens (tertiary/aromatic N) is 1. The van der Waals surface area contributed by atoms with E-state index in [2.05, 4.69) is 4.98 Å². The minimum absolute atomic E-state index is 0.327. The Labute approximate surface area is 102 Å². The second-order valence-corrected chi connectivity index (χ2v) is 4.16. The molecule has 1 aromatic heterocycles. The van der Waals surface area contributed by atoms with Gasteiger partial charge in [-0.25, -0.2) is 4.98 Å². The van der Waals surface area contributed by atoms with Crippen LogP contribution in [0.2, 0.25) is 15.2 Å². The van der Waals surface area contributed by atoms with E-state index in [0.29, 0.717) is 26.5 Å². The third-order valence-corrected chi connectivity index (χ3v) is 2.71. The lowest BCUT2D eigenvalue weighted by Crippen LogP contribution is -1.89. The van der Waals surface area contributed by atoms with Crippen molar-refractivity contribution in [1.82, 2.24) is 4.98 Å². The van der Waals surface area contributed by atoms with Crippen LogP contribution in [0.15, 0.2) is 18.2 Å². The third kappa shape index (κ3) is 1.98. The molecule has 0 radical (unpaired) electrons. The van der Waals surface area contributed by atoms with Crippen LogP contribution in [0.1, 0.15) is 0 Å². The minimum Gasteiger partial charge on any atom is -0.494 e. The summed E-state index contributed by atoms with van der Waals surface area (Å²) < 4.78 is 5.15. The van der Waals surface area contributed by atoms with Crippen LogP contribution in [0.3, 0.4) is 0 Å². The van der Waals surface area contributed by atoms with E-state index >= 15 is 0 Å². The number of ether oxygens (including phenoxy) is 1. The molecule has 15 heavy (non-hydrogen) atoms. The third-order valence-electron chi connectivity index (χ3n) is 1.98. The van der Waals surface area contributed by atoms with Gasteiger partial charge in [-0.1, -0.05) is 34.8 Å². The molecule has 0 fully saturated rings. The van der Waals surface area contributed by atoms with Gasteiger partial charge in [0.25, 0.3) is 0 Å². The highest BCUT2D eigenvalue weighted by Gasteiger charge is 2.09. The molecular weight excluding hydrogens is 256 g/mol. The Balaban J connectivity index is 2.89. The number of hydrogen-bond donors (Lipinski definition) is 0. The highest BCUT2D eigenvalue weighted by molar-refractivity contribution is 6.39. The van der Waals surface area contributed by atoms with Crippen LogP contribution in [0.25, 0.3) is 10.9 Å². The van der Waals surface area contributed by atoms with Crippen molar-refractivity contribution in [2.24, 2.45) is 0 Å². The van der Waals surface area contributed by atoms with Gasteiger partial charge < -0.3 is 4.74 Å². The summed E-state index contributed by atoms with van der Waals surface area (Å²) in [5.41, 5.74) is 0.611. The molecule has 1 aromatic carbocycles. The summed E-state index contributed by atoms with van der Waals surface area (Å²) in [6.07, 6.45) is 0. The maximum absolute atomic E-state index is 6.02. The Morgan fingerprint density at radius 1 is 1.13 bits per heavy atom. The SMILES string of the molecule is COc1cc(Cl)cc2c(Cl)cc(Cl)nc12. The molecule has 0 N–H and O–H groups in total. The van der Waals surface area contributed by atoms with Crippen molar-refractivity contribution >= 4 is 45.7 Å². The molecular formula is C10H6Cl3NO. The molecule has 5 heteroatoms. The number of pyridine rings is 1. The fourth-order valence-corrected chi connectivity index (χ4v) is 2.05. The lowest BCUT2D eigenvalue weighted by molar-refractivity contribution is 0.419. The van der Waals surface area contributed by atoms with Crippen LogP contribution in [-0.2, 0) is 0 Å². The summed E-state index contributed by atoms with van der Waals surface area (Å²) in [5, 5.41) is 2.11. The summed E-state index contributed by atoms with van der Waals surface area (Å²) >= 11 is 17.7. The Hall–Kier alpha value is -0.700. The minimum atomic E-state index is 0.327. The smallest absolute Gasteiger partial charge is 0.146 e. The lowest BCUT2D eigenvalue weighted by Gasteiger charge is -2.07. The molecule has 2 rings (SSSR count). The zero-order valence-corrected chi connectivity index (χ0v) is 9.99. The second kappa shape index (κ2) is 4.05. The first-order valence-corrected chi connectivity index (χ1v) is 5.24. The molecule has 78 valence electrons. The molecule has 0 aliphatic rings. The van der Waals surface area contributed by atoms with Crippen LogP contribution in [-0.4, -0.2) is 12.1 Å². The lowest BCUT2D eigenvalue weighted by atomic mass is 10.2. The van der Waals surface area contributed by atoms with Gasteiger partial charge in [0, 0.05) is 16.5 Å². The van der Waals surface area contributed by atoms with Crippen LogP contribution in [0.5, 0.6) is 5.75 Å². The van der Waals surface area contributed by atoms with E-state index in [1.165, 1.54) is 0 Å². The first-order chi connectivity index (χ1) is 7.11. The van der Waals surface area contributed by atoms with E-state index in [1.807, 2.05) is 0 Å². The number of aromatic nitrogens is 1. The van der Waals surface area contributed by atoms with Gasteiger partial charge in [0.2, 0.25) is 0 Å². The zero-order chi connectivity index (χ0) is 11.0. The Kier molecular flexibility index (Phi) is 2.91. The van der Waals surface area contributed by atoms with Crippen molar-refractivity contribution in [3.63, 3.8) is 0 Å². The highest BCUT2D eigenvalue weighted by Crippen LogP contribution is 2.33. The first kappa shape index (κ1) is 10.8. The van der Waals surface area contributed by atoms with E-state index in [4.69, 9.17) is 39.5 Å². The molecule has 1 heterocycles. The van der Waals surface area contributed by atoms with E-state index in [0.717, 1.165) is 5.39 Å². The van der Waals surface area contributed by atoms with Gasteiger partial charge in [-0.2, -0.15) is 0 Å².